The molecule has 0 saturated heterocycles. The third-order valence-electron chi connectivity index (χ3n) is 1.99. The van der Waals surface area contributed by atoms with Crippen molar-refractivity contribution in [2.75, 3.05) is 6.61 Å². The Bertz CT molecular complexity index is 483. The van der Waals surface area contributed by atoms with E-state index in [-0.39, 0.29) is 10.8 Å². The highest BCUT2D eigenvalue weighted by molar-refractivity contribution is 7.91. The van der Waals surface area contributed by atoms with Gasteiger partial charge in [-0.25, -0.2) is 13.1 Å². The fraction of sp³-hybridized carbons (Fsp3) is 0.444. The maximum atomic E-state index is 11.8. The summed E-state index contributed by atoms with van der Waals surface area (Å²) in [6.45, 7) is 1.53. The van der Waals surface area contributed by atoms with Gasteiger partial charge in [-0.3, -0.25) is 0 Å². The van der Waals surface area contributed by atoms with Gasteiger partial charge in [0.2, 0.25) is 10.0 Å². The summed E-state index contributed by atoms with van der Waals surface area (Å²) in [4.78, 5) is 0.345. The van der Waals surface area contributed by atoms with Crippen LogP contribution in [-0.2, 0) is 10.0 Å². The normalized spacial score (nSPS) is 13.3. The Kier molecular flexibility index (Phi) is 4.44. The lowest BCUT2D eigenvalue weighted by Gasteiger charge is -2.12. The molecule has 0 aliphatic carbocycles. The Balaban J connectivity index is 2.90. The first-order chi connectivity index (χ1) is 7.53. The number of nitrogens with one attached hydrogen (secondary N) is 1. The standard InChI is InChI=1S/C9H12N2O3S2/c1-2-7(6-12)11-16(13,14)9-4-3-8(5-10)15-9/h3-4,7,11-12H,2,6H2,1H3/t7-/m1/s1. The molecule has 1 heterocycles. The summed E-state index contributed by atoms with van der Waals surface area (Å²) in [5, 5.41) is 17.5. The predicted molar refractivity (Wildman–Crippen MR) is 60.5 cm³/mol. The largest absolute Gasteiger partial charge is 0.395 e. The highest BCUT2D eigenvalue weighted by Gasteiger charge is 2.20. The van der Waals surface area contributed by atoms with Gasteiger partial charge < -0.3 is 5.11 Å². The molecule has 0 aromatic carbocycles. The van der Waals surface area contributed by atoms with Gasteiger partial charge in [-0.1, -0.05) is 6.92 Å². The van der Waals surface area contributed by atoms with Crippen LogP contribution in [0.3, 0.4) is 0 Å². The van der Waals surface area contributed by atoms with Gasteiger partial charge in [0.05, 0.1) is 6.61 Å². The number of nitriles is 1. The summed E-state index contributed by atoms with van der Waals surface area (Å²) in [5.41, 5.74) is 0. The first kappa shape index (κ1) is 13.1. The lowest BCUT2D eigenvalue weighted by Crippen LogP contribution is -2.36. The molecule has 1 atom stereocenters. The molecule has 5 nitrogen and oxygen atoms in total. The molecule has 0 fully saturated rings. The predicted octanol–water partition coefficient (Wildman–Crippen LogP) is 0.669. The molecule has 2 N–H and O–H groups in total. The molecule has 0 aliphatic rings. The minimum absolute atomic E-state index is 0.0935. The van der Waals surface area contributed by atoms with Crippen molar-refractivity contribution in [3.8, 4) is 6.07 Å². The van der Waals surface area contributed by atoms with Crippen LogP contribution in [0.5, 0.6) is 0 Å². The number of sulfonamides is 1. The van der Waals surface area contributed by atoms with E-state index in [0.29, 0.717) is 11.3 Å². The number of thiophene rings is 1. The van der Waals surface area contributed by atoms with Gasteiger partial charge in [0.25, 0.3) is 0 Å². The summed E-state index contributed by atoms with van der Waals surface area (Å²) < 4.78 is 26.0. The third kappa shape index (κ3) is 3.02. The fourth-order valence-electron chi connectivity index (χ4n) is 1.05. The van der Waals surface area contributed by atoms with E-state index < -0.39 is 16.1 Å². The van der Waals surface area contributed by atoms with Crippen molar-refractivity contribution in [1.29, 1.82) is 5.26 Å². The topological polar surface area (TPSA) is 90.2 Å². The lowest BCUT2D eigenvalue weighted by molar-refractivity contribution is 0.254. The summed E-state index contributed by atoms with van der Waals surface area (Å²) in [5.74, 6) is 0. The Labute approximate surface area is 98.4 Å². The van der Waals surface area contributed by atoms with Crippen molar-refractivity contribution < 1.29 is 13.5 Å². The summed E-state index contributed by atoms with van der Waals surface area (Å²) in [6.07, 6.45) is 0.506. The molecule has 0 radical (unpaired) electrons. The van der Waals surface area contributed by atoms with Crippen molar-refractivity contribution in [2.24, 2.45) is 0 Å². The van der Waals surface area contributed by atoms with Crippen LogP contribution in [0, 0.1) is 11.3 Å². The van der Waals surface area contributed by atoms with Crippen LogP contribution >= 0.6 is 11.3 Å². The SMILES string of the molecule is CC[C@H](CO)NS(=O)(=O)c1ccc(C#N)s1. The van der Waals surface area contributed by atoms with Crippen LogP contribution in [0.15, 0.2) is 16.3 Å². The molecule has 88 valence electrons. The first-order valence-electron chi connectivity index (χ1n) is 4.66. The Hall–Kier alpha value is -0.940. The fourth-order valence-corrected chi connectivity index (χ4v) is 3.48. The summed E-state index contributed by atoms with van der Waals surface area (Å²) in [6, 6.07) is 4.23. The van der Waals surface area contributed by atoms with Gasteiger partial charge in [-0.2, -0.15) is 5.26 Å². The number of nitrogens with zero attached hydrogens (tertiary/aromatic N) is 1. The number of aliphatic hydroxyl groups excluding tert-OH is 1. The van der Waals surface area contributed by atoms with Gasteiger partial charge in [0, 0.05) is 6.04 Å². The van der Waals surface area contributed by atoms with Gasteiger partial charge >= 0.3 is 0 Å². The van der Waals surface area contributed by atoms with Gasteiger partial charge in [0.1, 0.15) is 15.2 Å². The molecule has 0 unspecified atom stereocenters. The molecule has 0 spiro atoms. The molecule has 0 amide bonds. The number of hydrogen-bond donors (Lipinski definition) is 2. The average molecular weight is 260 g/mol. The number of aliphatic hydroxyl groups is 1. The Morgan fingerprint density at radius 3 is 2.75 bits per heavy atom. The van der Waals surface area contributed by atoms with E-state index in [1.807, 2.05) is 6.07 Å². The quantitative estimate of drug-likeness (QED) is 0.814. The Morgan fingerprint density at radius 2 is 2.31 bits per heavy atom. The van der Waals surface area contributed by atoms with Gasteiger partial charge in [0.15, 0.2) is 0 Å². The zero-order chi connectivity index (χ0) is 12.2. The summed E-state index contributed by atoms with van der Waals surface area (Å²) >= 11 is 0.910. The molecule has 0 saturated carbocycles. The highest BCUT2D eigenvalue weighted by Crippen LogP contribution is 2.20. The second-order valence-corrected chi connectivity index (χ2v) is 6.16. The molecule has 1 rings (SSSR count). The van der Waals surface area contributed by atoms with Crippen molar-refractivity contribution >= 4 is 21.4 Å². The van der Waals surface area contributed by atoms with E-state index in [1.54, 1.807) is 6.92 Å². The van der Waals surface area contributed by atoms with Crippen LogP contribution in [0.1, 0.15) is 18.2 Å². The molecule has 1 aromatic heterocycles. The van der Waals surface area contributed by atoms with E-state index in [1.165, 1.54) is 12.1 Å². The van der Waals surface area contributed by atoms with E-state index in [4.69, 9.17) is 10.4 Å². The van der Waals surface area contributed by atoms with Gasteiger partial charge in [-0.05, 0) is 18.6 Å². The van der Waals surface area contributed by atoms with Crippen LogP contribution < -0.4 is 4.72 Å². The van der Waals surface area contributed by atoms with Crippen LogP contribution in [0.25, 0.3) is 0 Å². The minimum atomic E-state index is -3.62. The Morgan fingerprint density at radius 1 is 1.62 bits per heavy atom. The highest BCUT2D eigenvalue weighted by atomic mass is 32.2. The molecule has 16 heavy (non-hydrogen) atoms. The molecular formula is C9H12N2O3S2. The first-order valence-corrected chi connectivity index (χ1v) is 6.96. The smallest absolute Gasteiger partial charge is 0.250 e. The van der Waals surface area contributed by atoms with Crippen molar-refractivity contribution in [3.63, 3.8) is 0 Å². The van der Waals surface area contributed by atoms with Crippen molar-refractivity contribution in [1.82, 2.24) is 4.72 Å². The second kappa shape index (κ2) is 5.41. The van der Waals surface area contributed by atoms with Crippen molar-refractivity contribution in [3.05, 3.63) is 17.0 Å². The summed E-state index contributed by atoms with van der Waals surface area (Å²) in [7, 11) is -3.62. The molecule has 0 aliphatic heterocycles. The van der Waals surface area contributed by atoms with E-state index >= 15 is 0 Å². The zero-order valence-corrected chi connectivity index (χ0v) is 10.3. The van der Waals surface area contributed by atoms with Crippen LogP contribution in [0.2, 0.25) is 0 Å². The van der Waals surface area contributed by atoms with E-state index in [2.05, 4.69) is 4.72 Å². The maximum absolute atomic E-state index is 11.8. The van der Waals surface area contributed by atoms with Crippen molar-refractivity contribution in [2.45, 2.75) is 23.6 Å². The van der Waals surface area contributed by atoms with Crippen LogP contribution in [-0.4, -0.2) is 26.2 Å². The lowest BCUT2D eigenvalue weighted by atomic mass is 10.3. The minimum Gasteiger partial charge on any atom is -0.395 e. The van der Waals surface area contributed by atoms with Crippen LogP contribution in [0.4, 0.5) is 0 Å². The number of rotatable bonds is 5. The second-order valence-electron chi connectivity index (χ2n) is 3.14. The maximum Gasteiger partial charge on any atom is 0.250 e. The van der Waals surface area contributed by atoms with Gasteiger partial charge in [-0.15, -0.1) is 11.3 Å². The molecule has 7 heteroatoms. The molecular weight excluding hydrogens is 248 g/mol. The van der Waals surface area contributed by atoms with E-state index in [9.17, 15) is 8.42 Å². The zero-order valence-electron chi connectivity index (χ0n) is 8.67. The molecule has 0 bridgehead atoms. The number of hydrogen-bond acceptors (Lipinski definition) is 5. The molecule has 1 aromatic rings. The average Bonchev–Trinajstić information content (AvgIpc) is 2.75. The third-order valence-corrected chi connectivity index (χ3v) is 4.99. The van der Waals surface area contributed by atoms with E-state index in [0.717, 1.165) is 11.3 Å². The monoisotopic (exact) mass is 260 g/mol.